The number of hydrogen-bond donors (Lipinski definition) is 1. The smallest absolute Gasteiger partial charge is 0.254 e. The lowest BCUT2D eigenvalue weighted by atomic mass is 9.90. The van der Waals surface area contributed by atoms with Crippen LogP contribution in [0, 0.1) is 0 Å². The fourth-order valence-corrected chi connectivity index (χ4v) is 5.72. The van der Waals surface area contributed by atoms with E-state index in [1.165, 1.54) is 29.2 Å². The number of fused-ring (bicyclic) bond motifs is 1. The first-order valence-corrected chi connectivity index (χ1v) is 13.5. The first kappa shape index (κ1) is 24.8. The molecule has 9 heteroatoms. The number of aryl methyl sites for hydroxylation is 1. The molecule has 3 heterocycles. The molecule has 3 aromatic heterocycles. The maximum atomic E-state index is 12.6. The average Bonchev–Trinajstić information content (AvgIpc) is 3.41. The molecule has 1 atom stereocenters. The Morgan fingerprint density at radius 2 is 1.83 bits per heavy atom. The summed E-state index contributed by atoms with van der Waals surface area (Å²) < 4.78 is 0. The van der Waals surface area contributed by atoms with Crippen molar-refractivity contribution in [1.29, 1.82) is 0 Å². The Morgan fingerprint density at radius 1 is 1.06 bits per heavy atom. The summed E-state index contributed by atoms with van der Waals surface area (Å²) in [5.74, 6) is -0.325. The van der Waals surface area contributed by atoms with Gasteiger partial charge in [0.15, 0.2) is 0 Å². The Hall–Kier alpha value is -2.84. The van der Waals surface area contributed by atoms with E-state index in [2.05, 4.69) is 43.8 Å². The zero-order valence-electron chi connectivity index (χ0n) is 19.5. The highest BCUT2D eigenvalue weighted by molar-refractivity contribution is 7.07. The zero-order valence-corrected chi connectivity index (χ0v) is 21.9. The van der Waals surface area contributed by atoms with Gasteiger partial charge in [0.05, 0.1) is 38.5 Å². The fourth-order valence-electron chi connectivity index (χ4n) is 4.64. The number of nitrogens with zero attached hydrogens (tertiary/aromatic N) is 4. The highest BCUT2D eigenvalue weighted by atomic mass is 35.5. The van der Waals surface area contributed by atoms with Crippen LogP contribution in [0.4, 0.5) is 0 Å². The molecule has 1 amide bonds. The van der Waals surface area contributed by atoms with Crippen LogP contribution in [0.3, 0.4) is 0 Å². The van der Waals surface area contributed by atoms with Crippen molar-refractivity contribution in [3.05, 3.63) is 110 Å². The maximum absolute atomic E-state index is 12.6. The summed E-state index contributed by atoms with van der Waals surface area (Å²) in [7, 11) is 0. The van der Waals surface area contributed by atoms with E-state index in [1.807, 2.05) is 29.9 Å². The molecule has 184 valence electrons. The number of carbonyl (C=O) groups excluding carboxylic acids is 1. The molecule has 1 unspecified atom stereocenters. The predicted octanol–water partition coefficient (Wildman–Crippen LogP) is 6.25. The van der Waals surface area contributed by atoms with Crippen molar-refractivity contribution < 1.29 is 4.79 Å². The van der Waals surface area contributed by atoms with Crippen LogP contribution in [-0.4, -0.2) is 25.8 Å². The van der Waals surface area contributed by atoms with Crippen LogP contribution in [0.5, 0.6) is 0 Å². The van der Waals surface area contributed by atoms with E-state index in [9.17, 15) is 4.79 Å². The van der Waals surface area contributed by atoms with Gasteiger partial charge < -0.3 is 5.32 Å². The molecule has 0 saturated heterocycles. The summed E-state index contributed by atoms with van der Waals surface area (Å²) in [6, 6.07) is 12.8. The van der Waals surface area contributed by atoms with Gasteiger partial charge >= 0.3 is 0 Å². The van der Waals surface area contributed by atoms with Crippen molar-refractivity contribution in [3.8, 4) is 0 Å². The number of aromatic nitrogens is 3. The third-order valence-electron chi connectivity index (χ3n) is 6.40. The first-order valence-electron chi connectivity index (χ1n) is 11.8. The molecule has 36 heavy (non-hydrogen) atoms. The molecule has 6 nitrogen and oxygen atoms in total. The second-order valence-corrected chi connectivity index (χ2v) is 10.4. The number of amides is 1. The molecule has 0 fully saturated rings. The van der Waals surface area contributed by atoms with E-state index in [0.29, 0.717) is 6.54 Å². The largest absolute Gasteiger partial charge is 0.348 e. The summed E-state index contributed by atoms with van der Waals surface area (Å²) in [6.45, 7) is 1.93. The minimum Gasteiger partial charge on any atom is -0.348 e. The molecule has 0 bridgehead atoms. The number of pyridine rings is 2. The lowest BCUT2D eigenvalue weighted by molar-refractivity contribution is 0.0951. The molecule has 1 N–H and O–H groups in total. The molecule has 0 radical (unpaired) electrons. The summed E-state index contributed by atoms with van der Waals surface area (Å²) >= 11 is 13.8. The van der Waals surface area contributed by atoms with Gasteiger partial charge in [-0.3, -0.25) is 19.7 Å². The van der Waals surface area contributed by atoms with E-state index >= 15 is 0 Å². The first-order chi connectivity index (χ1) is 17.6. The third kappa shape index (κ3) is 5.76. The molecular weight excluding hydrogens is 513 g/mol. The highest BCUT2D eigenvalue weighted by Gasteiger charge is 2.27. The van der Waals surface area contributed by atoms with Crippen molar-refractivity contribution in [3.63, 3.8) is 0 Å². The molecular formula is C27H25Cl2N5OS. The van der Waals surface area contributed by atoms with Gasteiger partial charge in [0.1, 0.15) is 0 Å². The molecule has 0 spiro atoms. The van der Waals surface area contributed by atoms with E-state index in [4.69, 9.17) is 28.2 Å². The second kappa shape index (κ2) is 11.5. The number of nitrogens with one attached hydrogen (secondary N) is 1. The van der Waals surface area contributed by atoms with Crippen LogP contribution >= 0.6 is 34.5 Å². The Morgan fingerprint density at radius 3 is 2.58 bits per heavy atom. The van der Waals surface area contributed by atoms with E-state index < -0.39 is 0 Å². The molecule has 1 aliphatic rings. The van der Waals surface area contributed by atoms with Crippen LogP contribution in [0.2, 0.25) is 10.0 Å². The number of thiazole rings is 1. The van der Waals surface area contributed by atoms with Gasteiger partial charge in [0.25, 0.3) is 5.91 Å². The van der Waals surface area contributed by atoms with Gasteiger partial charge in [-0.1, -0.05) is 53.5 Å². The molecule has 1 aromatic carbocycles. The Bertz CT molecular complexity index is 1310. The van der Waals surface area contributed by atoms with Crippen molar-refractivity contribution in [1.82, 2.24) is 25.2 Å². The second-order valence-electron chi connectivity index (χ2n) is 8.82. The van der Waals surface area contributed by atoms with Crippen LogP contribution in [0.1, 0.15) is 57.3 Å². The van der Waals surface area contributed by atoms with Gasteiger partial charge in [-0.2, -0.15) is 0 Å². The van der Waals surface area contributed by atoms with Crippen molar-refractivity contribution in [2.45, 2.75) is 44.9 Å². The molecule has 4 aromatic rings. The number of hydrogen-bond acceptors (Lipinski definition) is 6. The normalized spacial score (nSPS) is 15.0. The number of halogens is 2. The van der Waals surface area contributed by atoms with Gasteiger partial charge in [-0.25, -0.2) is 4.98 Å². The standard InChI is InChI=1S/C27H25Cl2N5OS/c28-22-12-30-13-23(29)25(22)27(35)32-11-18-6-8-19(9-7-18)14-34(15-21-16-36-17-33-21)24-5-1-3-20-4-2-10-31-26(20)24/h2,4,6-10,12-13,16-17,24H,1,3,5,11,14-15H2,(H,32,35). The summed E-state index contributed by atoms with van der Waals surface area (Å²) in [4.78, 5) is 28.2. The maximum Gasteiger partial charge on any atom is 0.254 e. The summed E-state index contributed by atoms with van der Waals surface area (Å²) in [5, 5.41) is 5.46. The highest BCUT2D eigenvalue weighted by Crippen LogP contribution is 2.34. The van der Waals surface area contributed by atoms with E-state index in [0.717, 1.165) is 43.6 Å². The molecule has 5 rings (SSSR count). The van der Waals surface area contributed by atoms with Gasteiger partial charge in [0.2, 0.25) is 0 Å². The fraction of sp³-hybridized carbons (Fsp3) is 0.259. The van der Waals surface area contributed by atoms with E-state index in [-0.39, 0.29) is 27.6 Å². The van der Waals surface area contributed by atoms with Crippen molar-refractivity contribution in [2.75, 3.05) is 0 Å². The third-order valence-corrected chi connectivity index (χ3v) is 7.61. The molecule has 1 aliphatic carbocycles. The minimum atomic E-state index is -0.325. The number of rotatable bonds is 8. The Kier molecular flexibility index (Phi) is 7.92. The summed E-state index contributed by atoms with van der Waals surface area (Å²) in [5.41, 5.74) is 7.92. The van der Waals surface area contributed by atoms with Crippen molar-refractivity contribution >= 4 is 40.4 Å². The zero-order chi connectivity index (χ0) is 24.9. The minimum absolute atomic E-state index is 0.231. The number of benzene rings is 1. The average molecular weight is 539 g/mol. The van der Waals surface area contributed by atoms with E-state index in [1.54, 1.807) is 11.3 Å². The topological polar surface area (TPSA) is 71.0 Å². The van der Waals surface area contributed by atoms with Crippen LogP contribution in [0.25, 0.3) is 0 Å². The lowest BCUT2D eigenvalue weighted by Crippen LogP contribution is -2.31. The summed E-state index contributed by atoms with van der Waals surface area (Å²) in [6.07, 6.45) is 8.04. The van der Waals surface area contributed by atoms with Crippen LogP contribution < -0.4 is 5.32 Å². The quantitative estimate of drug-likeness (QED) is 0.287. The van der Waals surface area contributed by atoms with Gasteiger partial charge in [-0.05, 0) is 42.0 Å². The van der Waals surface area contributed by atoms with Gasteiger partial charge in [-0.15, -0.1) is 11.3 Å². The van der Waals surface area contributed by atoms with Crippen LogP contribution in [0.15, 0.2) is 65.9 Å². The molecule has 0 saturated carbocycles. The van der Waals surface area contributed by atoms with Gasteiger partial charge in [0, 0.05) is 43.6 Å². The lowest BCUT2D eigenvalue weighted by Gasteiger charge is -2.34. The molecule has 0 aliphatic heterocycles. The van der Waals surface area contributed by atoms with Crippen molar-refractivity contribution in [2.24, 2.45) is 0 Å². The Balaban J connectivity index is 1.29. The Labute approximate surface area is 224 Å². The predicted molar refractivity (Wildman–Crippen MR) is 143 cm³/mol. The number of carbonyl (C=O) groups is 1. The monoisotopic (exact) mass is 537 g/mol. The SMILES string of the molecule is O=C(NCc1ccc(CN(Cc2cscn2)C2CCCc3cccnc32)cc1)c1c(Cl)cncc1Cl. The van der Waals surface area contributed by atoms with Crippen LogP contribution in [-0.2, 0) is 26.1 Å².